The van der Waals surface area contributed by atoms with E-state index < -0.39 is 0 Å². The van der Waals surface area contributed by atoms with Gasteiger partial charge in [-0.1, -0.05) is 13.8 Å². The SMILES string of the molecule is CCC(CC)n1cc(C)c2c1N=C(C)CC(c1sc(C(=O)N3CCOCC3)cc1C)=N2. The summed E-state index contributed by atoms with van der Waals surface area (Å²) in [6, 6.07) is 2.44. The average Bonchev–Trinajstić information content (AvgIpc) is 3.23. The van der Waals surface area contributed by atoms with Gasteiger partial charge in [0, 0.05) is 37.5 Å². The van der Waals surface area contributed by atoms with Crippen LogP contribution < -0.4 is 0 Å². The highest BCUT2D eigenvalue weighted by atomic mass is 32.1. The summed E-state index contributed by atoms with van der Waals surface area (Å²) < 4.78 is 7.69. The van der Waals surface area contributed by atoms with Crippen LogP contribution in [0.1, 0.15) is 71.8 Å². The molecule has 0 unspecified atom stereocenters. The highest BCUT2D eigenvalue weighted by Crippen LogP contribution is 2.40. The predicted molar refractivity (Wildman–Crippen MR) is 128 cm³/mol. The van der Waals surface area contributed by atoms with Crippen molar-refractivity contribution in [2.45, 2.75) is 59.9 Å². The van der Waals surface area contributed by atoms with E-state index in [9.17, 15) is 4.79 Å². The third kappa shape index (κ3) is 4.26. The molecular weight excluding hydrogens is 408 g/mol. The van der Waals surface area contributed by atoms with E-state index in [4.69, 9.17) is 14.7 Å². The maximum absolute atomic E-state index is 13.0. The van der Waals surface area contributed by atoms with Crippen LogP contribution in [0.25, 0.3) is 0 Å². The zero-order chi connectivity index (χ0) is 22.1. The van der Waals surface area contributed by atoms with Gasteiger partial charge in [-0.3, -0.25) is 4.79 Å². The van der Waals surface area contributed by atoms with Gasteiger partial charge in [-0.2, -0.15) is 0 Å². The summed E-state index contributed by atoms with van der Waals surface area (Å²) in [6.45, 7) is 13.2. The third-order valence-electron chi connectivity index (χ3n) is 6.15. The zero-order valence-corrected chi connectivity index (χ0v) is 20.0. The number of carbonyl (C=O) groups excluding carboxylic acids is 1. The number of nitrogens with zero attached hydrogens (tertiary/aromatic N) is 4. The van der Waals surface area contributed by atoms with Crippen LogP contribution in [0.15, 0.2) is 22.2 Å². The van der Waals surface area contributed by atoms with Crippen LogP contribution in [0.3, 0.4) is 0 Å². The number of fused-ring (bicyclic) bond motifs is 1. The molecule has 2 aromatic heterocycles. The lowest BCUT2D eigenvalue weighted by Gasteiger charge is -2.26. The summed E-state index contributed by atoms with van der Waals surface area (Å²) >= 11 is 1.56. The molecule has 1 fully saturated rings. The van der Waals surface area contributed by atoms with Crippen LogP contribution in [-0.2, 0) is 4.74 Å². The van der Waals surface area contributed by atoms with E-state index in [1.807, 2.05) is 11.0 Å². The van der Waals surface area contributed by atoms with Crippen LogP contribution in [0.2, 0.25) is 0 Å². The standard InChI is InChI=1S/C24H32N4O2S/c1-6-18(7-2)28-14-16(4)21-23(28)25-17(5)13-19(26-21)22-15(3)12-20(31-22)24(29)27-8-10-30-11-9-27/h12,14,18H,6-11,13H2,1-5H3. The molecule has 0 bridgehead atoms. The van der Waals surface area contributed by atoms with E-state index >= 15 is 0 Å². The number of carbonyl (C=O) groups is 1. The van der Waals surface area contributed by atoms with Gasteiger partial charge in [0.15, 0.2) is 5.82 Å². The molecule has 0 aromatic carbocycles. The molecule has 0 saturated carbocycles. The first-order valence-electron chi connectivity index (χ1n) is 11.2. The number of morpholine rings is 1. The van der Waals surface area contributed by atoms with E-state index in [1.54, 1.807) is 11.3 Å². The van der Waals surface area contributed by atoms with Crippen molar-refractivity contribution in [1.82, 2.24) is 9.47 Å². The second-order valence-corrected chi connectivity index (χ2v) is 9.52. The number of hydrogen-bond acceptors (Lipinski definition) is 5. The number of aromatic nitrogens is 1. The van der Waals surface area contributed by atoms with Crippen molar-refractivity contribution in [2.75, 3.05) is 26.3 Å². The predicted octanol–water partition coefficient (Wildman–Crippen LogP) is 5.62. The second kappa shape index (κ2) is 9.09. The van der Waals surface area contributed by atoms with Crippen LogP contribution in [0.5, 0.6) is 0 Å². The van der Waals surface area contributed by atoms with Crippen LogP contribution in [-0.4, -0.2) is 53.1 Å². The maximum Gasteiger partial charge on any atom is 0.264 e. The Hall–Kier alpha value is -2.25. The number of aliphatic imine (C=N–C) groups is 2. The quantitative estimate of drug-likeness (QED) is 0.606. The Morgan fingerprint density at radius 1 is 1.13 bits per heavy atom. The first kappa shape index (κ1) is 22.0. The molecule has 1 amide bonds. The van der Waals surface area contributed by atoms with Gasteiger partial charge < -0.3 is 14.2 Å². The molecule has 0 N–H and O–H groups in total. The van der Waals surface area contributed by atoms with Gasteiger partial charge in [-0.25, -0.2) is 9.98 Å². The molecule has 2 aliphatic heterocycles. The van der Waals surface area contributed by atoms with Gasteiger partial charge in [0.2, 0.25) is 0 Å². The molecule has 2 aliphatic rings. The molecule has 31 heavy (non-hydrogen) atoms. The Bertz CT molecular complexity index is 1040. The number of ether oxygens (including phenoxy) is 1. The fourth-order valence-electron chi connectivity index (χ4n) is 4.40. The Labute approximate surface area is 188 Å². The zero-order valence-electron chi connectivity index (χ0n) is 19.2. The number of amides is 1. The Morgan fingerprint density at radius 3 is 2.52 bits per heavy atom. The number of thiophene rings is 1. The lowest BCUT2D eigenvalue weighted by atomic mass is 10.1. The summed E-state index contributed by atoms with van der Waals surface area (Å²) in [7, 11) is 0. The molecule has 0 spiro atoms. The molecular formula is C24H32N4O2S. The highest BCUT2D eigenvalue weighted by Gasteiger charge is 2.25. The van der Waals surface area contributed by atoms with E-state index in [0.29, 0.717) is 38.8 Å². The van der Waals surface area contributed by atoms with Crippen molar-refractivity contribution < 1.29 is 9.53 Å². The van der Waals surface area contributed by atoms with Gasteiger partial charge >= 0.3 is 0 Å². The molecule has 7 heteroatoms. The Morgan fingerprint density at radius 2 is 1.84 bits per heavy atom. The fraction of sp³-hybridized carbons (Fsp3) is 0.542. The van der Waals surface area contributed by atoms with Crippen LogP contribution in [0, 0.1) is 13.8 Å². The van der Waals surface area contributed by atoms with Crippen molar-refractivity contribution in [3.63, 3.8) is 0 Å². The molecule has 166 valence electrons. The van der Waals surface area contributed by atoms with Crippen LogP contribution in [0.4, 0.5) is 11.5 Å². The molecule has 0 aliphatic carbocycles. The Kier molecular flexibility index (Phi) is 6.44. The largest absolute Gasteiger partial charge is 0.378 e. The smallest absolute Gasteiger partial charge is 0.264 e. The van der Waals surface area contributed by atoms with Gasteiger partial charge in [0.25, 0.3) is 5.91 Å². The minimum absolute atomic E-state index is 0.0963. The first-order valence-corrected chi connectivity index (χ1v) is 12.1. The van der Waals surface area contributed by atoms with E-state index in [-0.39, 0.29) is 5.91 Å². The summed E-state index contributed by atoms with van der Waals surface area (Å²) in [5.41, 5.74) is 5.28. The summed E-state index contributed by atoms with van der Waals surface area (Å²) in [6.07, 6.45) is 5.03. The molecule has 0 atom stereocenters. The van der Waals surface area contributed by atoms with Gasteiger partial charge in [0.05, 0.1) is 28.7 Å². The van der Waals surface area contributed by atoms with E-state index in [1.165, 1.54) is 0 Å². The van der Waals surface area contributed by atoms with Crippen molar-refractivity contribution in [3.05, 3.63) is 33.1 Å². The summed E-state index contributed by atoms with van der Waals surface area (Å²) in [5, 5.41) is 0. The van der Waals surface area contributed by atoms with Gasteiger partial charge in [0.1, 0.15) is 5.69 Å². The van der Waals surface area contributed by atoms with Crippen molar-refractivity contribution in [1.29, 1.82) is 0 Å². The van der Waals surface area contributed by atoms with E-state index in [0.717, 1.165) is 56.7 Å². The molecule has 0 radical (unpaired) electrons. The highest BCUT2D eigenvalue weighted by molar-refractivity contribution is 7.16. The van der Waals surface area contributed by atoms with Crippen molar-refractivity contribution in [3.8, 4) is 0 Å². The van der Waals surface area contributed by atoms with Gasteiger partial charge in [-0.05, 0) is 50.8 Å². The van der Waals surface area contributed by atoms with Crippen molar-refractivity contribution in [2.24, 2.45) is 9.98 Å². The minimum atomic E-state index is 0.0963. The number of aryl methyl sites for hydroxylation is 2. The van der Waals surface area contributed by atoms with Crippen LogP contribution >= 0.6 is 11.3 Å². The summed E-state index contributed by atoms with van der Waals surface area (Å²) in [4.78, 5) is 26.9. The number of rotatable bonds is 5. The molecule has 6 nitrogen and oxygen atoms in total. The maximum atomic E-state index is 13.0. The van der Waals surface area contributed by atoms with Gasteiger partial charge in [-0.15, -0.1) is 11.3 Å². The minimum Gasteiger partial charge on any atom is -0.378 e. The van der Waals surface area contributed by atoms with Crippen molar-refractivity contribution >= 4 is 40.2 Å². The number of hydrogen-bond donors (Lipinski definition) is 0. The average molecular weight is 441 g/mol. The molecule has 2 aromatic rings. The molecule has 1 saturated heterocycles. The fourth-order valence-corrected chi connectivity index (χ4v) is 5.53. The molecule has 4 rings (SSSR count). The second-order valence-electron chi connectivity index (χ2n) is 8.47. The molecule has 4 heterocycles. The van der Waals surface area contributed by atoms with E-state index in [2.05, 4.69) is 45.4 Å². The lowest BCUT2D eigenvalue weighted by Crippen LogP contribution is -2.40. The lowest BCUT2D eigenvalue weighted by molar-refractivity contribution is 0.0306. The monoisotopic (exact) mass is 440 g/mol. The topological polar surface area (TPSA) is 59.2 Å². The first-order chi connectivity index (χ1) is 14.9. The normalized spacial score (nSPS) is 16.8. The Balaban J connectivity index is 1.72. The summed E-state index contributed by atoms with van der Waals surface area (Å²) in [5.74, 6) is 1.07. The third-order valence-corrected chi connectivity index (χ3v) is 7.43.